The van der Waals surface area contributed by atoms with Crippen LogP contribution in [0.15, 0.2) is 27.9 Å². The number of amides is 2. The third-order valence-electron chi connectivity index (χ3n) is 4.18. The molecule has 0 saturated heterocycles. The van der Waals surface area contributed by atoms with Gasteiger partial charge in [0.1, 0.15) is 0 Å². The maximum absolute atomic E-state index is 12.9. The Bertz CT molecular complexity index is 776. The molecular weight excluding hydrogens is 428 g/mol. The van der Waals surface area contributed by atoms with Crippen molar-refractivity contribution in [2.24, 2.45) is 0 Å². The number of benzene rings is 1. The lowest BCUT2D eigenvalue weighted by atomic mass is 9.93. The highest BCUT2D eigenvalue weighted by Gasteiger charge is 2.34. The Balaban J connectivity index is 2.57. The van der Waals surface area contributed by atoms with Gasteiger partial charge < -0.3 is 25.2 Å². The molecule has 1 aromatic rings. The van der Waals surface area contributed by atoms with Crippen molar-refractivity contribution < 1.29 is 24.2 Å². The molecule has 0 aliphatic carbocycles. The predicted molar refractivity (Wildman–Crippen MR) is 109 cm³/mol. The van der Waals surface area contributed by atoms with Crippen molar-refractivity contribution in [3.63, 3.8) is 0 Å². The van der Waals surface area contributed by atoms with Crippen LogP contribution in [0, 0.1) is 0 Å². The summed E-state index contributed by atoms with van der Waals surface area (Å²) in [6.07, 6.45) is 2.00. The molecule has 0 aromatic heterocycles. The van der Waals surface area contributed by atoms with Gasteiger partial charge in [-0.15, -0.1) is 0 Å². The number of nitrogens with one attached hydrogen (secondary N) is 2. The van der Waals surface area contributed by atoms with Crippen molar-refractivity contribution in [2.75, 3.05) is 6.61 Å². The van der Waals surface area contributed by atoms with Crippen molar-refractivity contribution in [1.82, 2.24) is 10.6 Å². The molecule has 1 aromatic carbocycles. The Hall–Kier alpha value is -2.22. The summed E-state index contributed by atoms with van der Waals surface area (Å²) in [5.41, 5.74) is 1.53. The first-order chi connectivity index (χ1) is 13.3. The van der Waals surface area contributed by atoms with E-state index < -0.39 is 12.0 Å². The van der Waals surface area contributed by atoms with E-state index in [0.29, 0.717) is 34.3 Å². The van der Waals surface area contributed by atoms with Crippen LogP contribution in [0.4, 0.5) is 4.79 Å². The number of unbranched alkanes of at least 4 members (excludes halogenated alkanes) is 1. The Morgan fingerprint density at radius 1 is 1.32 bits per heavy atom. The summed E-state index contributed by atoms with van der Waals surface area (Å²) < 4.78 is 11.3. The summed E-state index contributed by atoms with van der Waals surface area (Å²) in [7, 11) is 0. The van der Waals surface area contributed by atoms with Crippen molar-refractivity contribution >= 4 is 27.9 Å². The second-order valence-corrected chi connectivity index (χ2v) is 7.62. The Morgan fingerprint density at radius 2 is 2.04 bits per heavy atom. The number of urea groups is 1. The molecule has 0 spiro atoms. The number of rotatable bonds is 8. The average molecular weight is 455 g/mol. The van der Waals surface area contributed by atoms with Gasteiger partial charge in [0.05, 0.1) is 28.8 Å². The maximum Gasteiger partial charge on any atom is 0.338 e. The van der Waals surface area contributed by atoms with Gasteiger partial charge in [-0.25, -0.2) is 9.59 Å². The molecule has 2 rings (SSSR count). The van der Waals surface area contributed by atoms with Crippen molar-refractivity contribution in [1.29, 1.82) is 0 Å². The maximum atomic E-state index is 12.9. The molecule has 1 aliphatic heterocycles. The van der Waals surface area contributed by atoms with Gasteiger partial charge in [0, 0.05) is 5.70 Å². The molecule has 1 aliphatic rings. The van der Waals surface area contributed by atoms with E-state index in [1.165, 1.54) is 0 Å². The zero-order valence-electron chi connectivity index (χ0n) is 16.6. The molecule has 8 heteroatoms. The first-order valence-electron chi connectivity index (χ1n) is 9.45. The fourth-order valence-corrected chi connectivity index (χ4v) is 3.42. The number of carbonyl (C=O) groups is 2. The van der Waals surface area contributed by atoms with Gasteiger partial charge in [-0.2, -0.15) is 0 Å². The monoisotopic (exact) mass is 454 g/mol. The summed E-state index contributed by atoms with van der Waals surface area (Å²) in [5.74, 6) is -0.251. The molecule has 3 N–H and O–H groups in total. The molecule has 2 amide bonds. The van der Waals surface area contributed by atoms with Gasteiger partial charge in [0.25, 0.3) is 0 Å². The predicted octanol–water partition coefficient (Wildman–Crippen LogP) is 4.30. The smallest absolute Gasteiger partial charge is 0.338 e. The van der Waals surface area contributed by atoms with Crippen LogP contribution in [0.3, 0.4) is 0 Å². The number of carbonyl (C=O) groups excluding carboxylic acids is 2. The third-order valence-corrected chi connectivity index (χ3v) is 4.79. The molecule has 0 radical (unpaired) electrons. The minimum absolute atomic E-state index is 0.0349. The second-order valence-electron chi connectivity index (χ2n) is 6.76. The first-order valence-corrected chi connectivity index (χ1v) is 10.2. The van der Waals surface area contributed by atoms with Gasteiger partial charge in [-0.05, 0) is 67.2 Å². The number of hydrogen-bond acceptors (Lipinski definition) is 5. The molecule has 0 saturated carbocycles. The van der Waals surface area contributed by atoms with Crippen LogP contribution in [0.2, 0.25) is 0 Å². The first kappa shape index (κ1) is 22.1. The SMILES string of the molecule is CCCCC1=C(C(=O)OC(C)C)C(c2cc(Br)c(O)c(OCC)c2)NC(=O)N1. The fraction of sp³-hybridized carbons (Fsp3) is 0.500. The van der Waals surface area contributed by atoms with Gasteiger partial charge in [0.15, 0.2) is 11.5 Å². The lowest BCUT2D eigenvalue weighted by Crippen LogP contribution is -2.46. The van der Waals surface area contributed by atoms with Crippen LogP contribution < -0.4 is 15.4 Å². The standard InChI is InChI=1S/C20H27BrN2O5/c1-5-7-8-14-16(19(25)28-11(3)4)17(23-20(26)22-14)12-9-13(21)18(24)15(10-12)27-6-2/h9-11,17,24H,5-8H2,1-4H3,(H2,22,23,26). The summed E-state index contributed by atoms with van der Waals surface area (Å²) in [6, 6.07) is 2.18. The van der Waals surface area contributed by atoms with Crippen molar-refractivity contribution in [3.05, 3.63) is 33.4 Å². The number of phenols is 1. The molecule has 1 unspecified atom stereocenters. The van der Waals surface area contributed by atoms with E-state index in [1.54, 1.807) is 32.9 Å². The fourth-order valence-electron chi connectivity index (χ4n) is 2.96. The highest BCUT2D eigenvalue weighted by Crippen LogP contribution is 2.40. The number of aromatic hydroxyl groups is 1. The molecule has 0 bridgehead atoms. The number of phenolic OH excluding ortho intramolecular Hbond substituents is 1. The average Bonchev–Trinajstić information content (AvgIpc) is 2.62. The largest absolute Gasteiger partial charge is 0.503 e. The molecule has 28 heavy (non-hydrogen) atoms. The quantitative estimate of drug-likeness (QED) is 0.508. The highest BCUT2D eigenvalue weighted by molar-refractivity contribution is 9.10. The van der Waals surface area contributed by atoms with E-state index in [0.717, 1.165) is 12.8 Å². The van der Waals surface area contributed by atoms with Crippen molar-refractivity contribution in [2.45, 2.75) is 59.1 Å². The Kier molecular flexibility index (Phi) is 7.74. The summed E-state index contributed by atoms with van der Waals surface area (Å²) >= 11 is 3.31. The summed E-state index contributed by atoms with van der Waals surface area (Å²) in [5, 5.41) is 15.7. The Morgan fingerprint density at radius 3 is 2.64 bits per heavy atom. The number of halogens is 1. The lowest BCUT2D eigenvalue weighted by molar-refractivity contribution is -0.143. The Labute approximate surface area is 173 Å². The number of allylic oxidation sites excluding steroid dienone is 1. The summed E-state index contributed by atoms with van der Waals surface area (Å²) in [4.78, 5) is 25.1. The van der Waals surface area contributed by atoms with Crippen LogP contribution in [0.5, 0.6) is 11.5 Å². The zero-order valence-corrected chi connectivity index (χ0v) is 18.2. The van der Waals surface area contributed by atoms with Crippen LogP contribution in [-0.2, 0) is 9.53 Å². The van der Waals surface area contributed by atoms with E-state index in [2.05, 4.69) is 26.6 Å². The van der Waals surface area contributed by atoms with E-state index in [4.69, 9.17) is 9.47 Å². The van der Waals surface area contributed by atoms with Crippen molar-refractivity contribution in [3.8, 4) is 11.5 Å². The van der Waals surface area contributed by atoms with Gasteiger partial charge in [-0.1, -0.05) is 13.3 Å². The molecule has 7 nitrogen and oxygen atoms in total. The third kappa shape index (κ3) is 5.19. The molecule has 1 heterocycles. The van der Waals surface area contributed by atoms with E-state index in [-0.39, 0.29) is 23.6 Å². The second kappa shape index (κ2) is 9.82. The molecular formula is C20H27BrN2O5. The number of ether oxygens (including phenoxy) is 2. The molecule has 0 fully saturated rings. The zero-order chi connectivity index (χ0) is 20.8. The van der Waals surface area contributed by atoms with Crippen LogP contribution in [-0.4, -0.2) is 29.8 Å². The van der Waals surface area contributed by atoms with Gasteiger partial charge in [-0.3, -0.25) is 0 Å². The van der Waals surface area contributed by atoms with Gasteiger partial charge in [0.2, 0.25) is 0 Å². The molecule has 1 atom stereocenters. The highest BCUT2D eigenvalue weighted by atomic mass is 79.9. The van der Waals surface area contributed by atoms with E-state index >= 15 is 0 Å². The van der Waals surface area contributed by atoms with E-state index in [9.17, 15) is 14.7 Å². The minimum Gasteiger partial charge on any atom is -0.503 e. The minimum atomic E-state index is -0.719. The van der Waals surface area contributed by atoms with Crippen LogP contribution >= 0.6 is 15.9 Å². The van der Waals surface area contributed by atoms with E-state index in [1.807, 2.05) is 6.92 Å². The summed E-state index contributed by atoms with van der Waals surface area (Å²) in [6.45, 7) is 7.76. The normalized spacial score (nSPS) is 16.6. The van der Waals surface area contributed by atoms with Crippen LogP contribution in [0.1, 0.15) is 58.6 Å². The number of hydrogen-bond donors (Lipinski definition) is 3. The van der Waals surface area contributed by atoms with Gasteiger partial charge >= 0.3 is 12.0 Å². The lowest BCUT2D eigenvalue weighted by Gasteiger charge is -2.30. The topological polar surface area (TPSA) is 96.9 Å². The number of esters is 1. The molecule has 154 valence electrons. The van der Waals surface area contributed by atoms with Crippen LogP contribution in [0.25, 0.3) is 0 Å².